The van der Waals surface area contributed by atoms with Gasteiger partial charge in [-0.05, 0) is 90.3 Å². The molecular weight excluding hydrogens is 627 g/mol. The van der Waals surface area contributed by atoms with Gasteiger partial charge in [0.1, 0.15) is 16.2 Å². The molecule has 0 amide bonds. The molecular formula is C47H27NOS. The van der Waals surface area contributed by atoms with E-state index in [9.17, 15) is 0 Å². The standard InChI is InChI=1S/C47H27NOS/c1-2-10-29(11-3-1)47-48-40-25-22-28-18-19-30-26-31(20-23-33(30)45(28)46(40)50-47)43-36-13-4-6-15-38(36)44(39-16-7-5-14-37(39)43)32-21-24-35-34-12-8-9-17-41(34)49-42(35)27-32/h1-27H. The van der Waals surface area contributed by atoms with Gasteiger partial charge in [0.05, 0.1) is 10.2 Å². The van der Waals surface area contributed by atoms with Gasteiger partial charge in [-0.1, -0.05) is 133 Å². The number of benzene rings is 9. The summed E-state index contributed by atoms with van der Waals surface area (Å²) in [6.07, 6.45) is 0. The Bertz CT molecular complexity index is 3090. The lowest BCUT2D eigenvalue weighted by Gasteiger charge is -2.18. The lowest BCUT2D eigenvalue weighted by atomic mass is 9.85. The van der Waals surface area contributed by atoms with E-state index in [1.165, 1.54) is 64.5 Å². The van der Waals surface area contributed by atoms with Gasteiger partial charge in [0, 0.05) is 21.7 Å². The van der Waals surface area contributed by atoms with E-state index in [-0.39, 0.29) is 0 Å². The SMILES string of the molecule is c1ccc(-c2nc3ccc4ccc5cc(-c6c7ccccc7c(-c7ccc8c(c7)oc7ccccc78)c7ccccc67)ccc5c4c3s2)cc1. The second-order valence-corrected chi connectivity index (χ2v) is 14.0. The molecule has 232 valence electrons. The highest BCUT2D eigenvalue weighted by atomic mass is 32.1. The Kier molecular flexibility index (Phi) is 5.86. The molecule has 11 aromatic rings. The maximum atomic E-state index is 6.35. The summed E-state index contributed by atoms with van der Waals surface area (Å²) in [5, 5.41) is 13.3. The van der Waals surface area contributed by atoms with Crippen molar-refractivity contribution in [1.82, 2.24) is 4.98 Å². The number of thiazole rings is 1. The molecule has 11 rings (SSSR count). The molecule has 0 fully saturated rings. The quantitative estimate of drug-likeness (QED) is 0.140. The summed E-state index contributed by atoms with van der Waals surface area (Å²) >= 11 is 1.78. The molecule has 0 aliphatic heterocycles. The van der Waals surface area contributed by atoms with E-state index in [0.717, 1.165) is 43.6 Å². The molecule has 0 saturated heterocycles. The summed E-state index contributed by atoms with van der Waals surface area (Å²) in [5.41, 5.74) is 8.89. The van der Waals surface area contributed by atoms with Crippen LogP contribution in [0.3, 0.4) is 0 Å². The molecule has 2 heterocycles. The second-order valence-electron chi connectivity index (χ2n) is 13.0. The van der Waals surface area contributed by atoms with Crippen LogP contribution in [0.4, 0.5) is 0 Å². The Balaban J connectivity index is 1.14. The molecule has 0 bridgehead atoms. The molecule has 0 saturated carbocycles. The number of nitrogens with zero attached hydrogens (tertiary/aromatic N) is 1. The normalized spacial score (nSPS) is 12.0. The van der Waals surface area contributed by atoms with Crippen molar-refractivity contribution in [2.45, 2.75) is 0 Å². The summed E-state index contributed by atoms with van der Waals surface area (Å²) in [6, 6.07) is 59.1. The number of furan rings is 1. The molecule has 2 aromatic heterocycles. The Morgan fingerprint density at radius 2 is 0.960 bits per heavy atom. The highest BCUT2D eigenvalue weighted by Gasteiger charge is 2.19. The van der Waals surface area contributed by atoms with Gasteiger partial charge in [-0.25, -0.2) is 4.98 Å². The zero-order chi connectivity index (χ0) is 32.8. The van der Waals surface area contributed by atoms with Crippen LogP contribution in [0.1, 0.15) is 0 Å². The van der Waals surface area contributed by atoms with Crippen LogP contribution in [0, 0.1) is 0 Å². The van der Waals surface area contributed by atoms with E-state index in [0.29, 0.717) is 0 Å². The van der Waals surface area contributed by atoms with E-state index < -0.39 is 0 Å². The minimum Gasteiger partial charge on any atom is -0.456 e. The number of aromatic nitrogens is 1. The molecule has 0 spiro atoms. The average molecular weight is 654 g/mol. The smallest absolute Gasteiger partial charge is 0.136 e. The number of hydrogen-bond donors (Lipinski definition) is 0. The number of fused-ring (bicyclic) bond motifs is 10. The number of hydrogen-bond acceptors (Lipinski definition) is 3. The zero-order valence-corrected chi connectivity index (χ0v) is 27.7. The van der Waals surface area contributed by atoms with Crippen molar-refractivity contribution < 1.29 is 4.42 Å². The predicted octanol–water partition coefficient (Wildman–Crippen LogP) is 13.8. The molecule has 0 unspecified atom stereocenters. The van der Waals surface area contributed by atoms with Crippen molar-refractivity contribution in [2.75, 3.05) is 0 Å². The molecule has 0 aliphatic rings. The predicted molar refractivity (Wildman–Crippen MR) is 213 cm³/mol. The van der Waals surface area contributed by atoms with Gasteiger partial charge in [-0.2, -0.15) is 0 Å². The van der Waals surface area contributed by atoms with Crippen LogP contribution < -0.4 is 0 Å². The highest BCUT2D eigenvalue weighted by Crippen LogP contribution is 2.46. The second kappa shape index (κ2) is 10.6. The van der Waals surface area contributed by atoms with Crippen LogP contribution in [0.25, 0.3) is 108 Å². The van der Waals surface area contributed by atoms with Gasteiger partial charge >= 0.3 is 0 Å². The number of para-hydroxylation sites is 1. The largest absolute Gasteiger partial charge is 0.456 e. The Morgan fingerprint density at radius 1 is 0.400 bits per heavy atom. The van der Waals surface area contributed by atoms with E-state index >= 15 is 0 Å². The molecule has 0 aliphatic carbocycles. The minimum atomic E-state index is 0.911. The van der Waals surface area contributed by atoms with Crippen LogP contribution in [-0.4, -0.2) is 4.98 Å². The van der Waals surface area contributed by atoms with Crippen molar-refractivity contribution in [3.63, 3.8) is 0 Å². The summed E-state index contributed by atoms with van der Waals surface area (Å²) in [7, 11) is 0. The van der Waals surface area contributed by atoms with Gasteiger partial charge in [0.25, 0.3) is 0 Å². The summed E-state index contributed by atoms with van der Waals surface area (Å²) in [6.45, 7) is 0. The summed E-state index contributed by atoms with van der Waals surface area (Å²) in [4.78, 5) is 5.05. The first-order chi connectivity index (χ1) is 24.8. The molecule has 9 aromatic carbocycles. The molecule has 0 radical (unpaired) electrons. The maximum absolute atomic E-state index is 6.35. The Labute approximate surface area is 291 Å². The summed E-state index contributed by atoms with van der Waals surface area (Å²) in [5.74, 6) is 0. The van der Waals surface area contributed by atoms with Crippen molar-refractivity contribution in [1.29, 1.82) is 0 Å². The van der Waals surface area contributed by atoms with E-state index in [1.807, 2.05) is 12.1 Å². The van der Waals surface area contributed by atoms with Crippen molar-refractivity contribution >= 4 is 86.6 Å². The van der Waals surface area contributed by atoms with Crippen LogP contribution in [0.5, 0.6) is 0 Å². The molecule has 0 atom stereocenters. The average Bonchev–Trinajstić information content (AvgIpc) is 3.78. The first kappa shape index (κ1) is 27.6. The molecule has 50 heavy (non-hydrogen) atoms. The van der Waals surface area contributed by atoms with Crippen LogP contribution in [0.15, 0.2) is 168 Å². The van der Waals surface area contributed by atoms with Crippen molar-refractivity contribution in [3.8, 4) is 32.8 Å². The topological polar surface area (TPSA) is 26.0 Å². The maximum Gasteiger partial charge on any atom is 0.136 e. The fourth-order valence-electron chi connectivity index (χ4n) is 8.02. The monoisotopic (exact) mass is 653 g/mol. The van der Waals surface area contributed by atoms with Crippen LogP contribution in [-0.2, 0) is 0 Å². The molecule has 2 nitrogen and oxygen atoms in total. The third kappa shape index (κ3) is 4.05. The summed E-state index contributed by atoms with van der Waals surface area (Å²) < 4.78 is 7.59. The molecule has 3 heteroatoms. The fraction of sp³-hybridized carbons (Fsp3) is 0. The Morgan fingerprint density at radius 3 is 1.68 bits per heavy atom. The zero-order valence-electron chi connectivity index (χ0n) is 26.9. The minimum absolute atomic E-state index is 0.911. The van der Waals surface area contributed by atoms with Gasteiger partial charge in [-0.3, -0.25) is 0 Å². The lowest BCUT2D eigenvalue weighted by Crippen LogP contribution is -1.91. The Hall–Kier alpha value is -6.29. The first-order valence-electron chi connectivity index (χ1n) is 17.0. The van der Waals surface area contributed by atoms with Crippen LogP contribution >= 0.6 is 11.3 Å². The molecule has 0 N–H and O–H groups in total. The number of rotatable bonds is 3. The van der Waals surface area contributed by atoms with Gasteiger partial charge < -0.3 is 4.42 Å². The van der Waals surface area contributed by atoms with Crippen molar-refractivity contribution in [3.05, 3.63) is 164 Å². The third-order valence-corrected chi connectivity index (χ3v) is 11.4. The van der Waals surface area contributed by atoms with Crippen LogP contribution in [0.2, 0.25) is 0 Å². The van der Waals surface area contributed by atoms with Crippen molar-refractivity contribution in [2.24, 2.45) is 0 Å². The van der Waals surface area contributed by atoms with Gasteiger partial charge in [-0.15, -0.1) is 11.3 Å². The lowest BCUT2D eigenvalue weighted by molar-refractivity contribution is 0.669. The van der Waals surface area contributed by atoms with E-state index in [1.54, 1.807) is 11.3 Å². The van der Waals surface area contributed by atoms with Gasteiger partial charge in [0.2, 0.25) is 0 Å². The third-order valence-electron chi connectivity index (χ3n) is 10.3. The van der Waals surface area contributed by atoms with E-state index in [4.69, 9.17) is 9.40 Å². The van der Waals surface area contributed by atoms with E-state index in [2.05, 4.69) is 152 Å². The first-order valence-corrected chi connectivity index (χ1v) is 17.8. The fourth-order valence-corrected chi connectivity index (χ4v) is 9.16. The van der Waals surface area contributed by atoms with Gasteiger partial charge in [0.15, 0.2) is 0 Å². The highest BCUT2D eigenvalue weighted by molar-refractivity contribution is 7.22.